The number of fused-ring (bicyclic) bond motifs is 11. The number of hydrogen-bond donors (Lipinski definition) is 0. The summed E-state index contributed by atoms with van der Waals surface area (Å²) in [7, 11) is 0. The molecule has 0 bridgehead atoms. The molecule has 0 fully saturated rings. The van der Waals surface area contributed by atoms with Gasteiger partial charge in [0.15, 0.2) is 0 Å². The monoisotopic (exact) mass is 566 g/mol. The Morgan fingerprint density at radius 1 is 0.409 bits per heavy atom. The van der Waals surface area contributed by atoms with Gasteiger partial charge in [0.1, 0.15) is 27.9 Å². The Hall–Kier alpha value is -6.07. The molecule has 44 heavy (non-hydrogen) atoms. The minimum atomic E-state index is 0.652. The third kappa shape index (κ3) is 3.32. The molecule has 5 nitrogen and oxygen atoms in total. The fraction of sp³-hybridized carbons (Fsp3) is 0. The van der Waals surface area contributed by atoms with Gasteiger partial charge in [0.05, 0.1) is 0 Å². The van der Waals surface area contributed by atoms with Crippen molar-refractivity contribution < 1.29 is 13.3 Å². The summed E-state index contributed by atoms with van der Waals surface area (Å²) in [4.78, 5) is 6.69. The summed E-state index contributed by atoms with van der Waals surface area (Å²) in [6, 6.07) is 44.0. The Morgan fingerprint density at radius 3 is 1.64 bits per heavy atom. The van der Waals surface area contributed by atoms with Crippen molar-refractivity contribution >= 4 is 93.8 Å². The molecule has 0 atom stereocenters. The molecule has 0 saturated heterocycles. The van der Waals surface area contributed by atoms with Gasteiger partial charge in [-0.15, -0.1) is 0 Å². The summed E-state index contributed by atoms with van der Waals surface area (Å²) in [5.74, 6) is 0. The van der Waals surface area contributed by atoms with Crippen LogP contribution in [0.4, 0.5) is 17.1 Å². The second-order valence-corrected chi connectivity index (χ2v) is 11.2. The lowest BCUT2D eigenvalue weighted by atomic mass is 10.0. The zero-order valence-electron chi connectivity index (χ0n) is 23.3. The van der Waals surface area contributed by atoms with E-state index in [0.29, 0.717) is 5.71 Å². The van der Waals surface area contributed by atoms with Gasteiger partial charge in [0, 0.05) is 73.1 Å². The van der Waals surface area contributed by atoms with E-state index in [1.165, 1.54) is 0 Å². The van der Waals surface area contributed by atoms with Crippen molar-refractivity contribution in [3.8, 4) is 0 Å². The molecule has 0 aliphatic heterocycles. The zero-order chi connectivity index (χ0) is 28.8. The first-order valence-corrected chi connectivity index (χ1v) is 14.6. The van der Waals surface area contributed by atoms with Crippen LogP contribution in [0, 0.1) is 0 Å². The zero-order valence-corrected chi connectivity index (χ0v) is 23.3. The molecule has 10 rings (SSSR count). The van der Waals surface area contributed by atoms with E-state index in [4.69, 9.17) is 13.3 Å². The van der Waals surface area contributed by atoms with E-state index in [1.807, 2.05) is 42.5 Å². The van der Waals surface area contributed by atoms with Crippen molar-refractivity contribution in [2.24, 2.45) is 0 Å². The number of hydrogen-bond acceptors (Lipinski definition) is 5. The highest BCUT2D eigenvalue weighted by atomic mass is 16.3. The number of pyridine rings is 1. The fourth-order valence-corrected chi connectivity index (χ4v) is 6.68. The van der Waals surface area contributed by atoms with E-state index in [1.54, 1.807) is 6.20 Å². The van der Waals surface area contributed by atoms with Crippen LogP contribution in [0.1, 0.15) is 0 Å². The van der Waals surface area contributed by atoms with Gasteiger partial charge in [-0.05, 0) is 78.2 Å². The van der Waals surface area contributed by atoms with Gasteiger partial charge >= 0.3 is 0 Å². The first-order valence-electron chi connectivity index (χ1n) is 14.6. The molecule has 0 saturated carbocycles. The topological polar surface area (TPSA) is 55.6 Å². The predicted molar refractivity (Wildman–Crippen MR) is 178 cm³/mol. The second-order valence-electron chi connectivity index (χ2n) is 11.2. The minimum Gasteiger partial charge on any atom is -0.456 e. The Balaban J connectivity index is 1.20. The molecule has 0 aliphatic carbocycles. The number of aromatic nitrogens is 1. The van der Waals surface area contributed by atoms with Gasteiger partial charge in [-0.3, -0.25) is 0 Å². The van der Waals surface area contributed by atoms with Gasteiger partial charge in [0.25, 0.3) is 0 Å². The quantitative estimate of drug-likeness (QED) is 0.213. The normalized spacial score (nSPS) is 12.1. The number of para-hydroxylation sites is 2. The summed E-state index contributed by atoms with van der Waals surface area (Å²) in [6.45, 7) is 0. The second kappa shape index (κ2) is 8.72. The third-order valence-electron chi connectivity index (χ3n) is 8.71. The van der Waals surface area contributed by atoms with Crippen LogP contribution >= 0.6 is 0 Å². The summed E-state index contributed by atoms with van der Waals surface area (Å²) >= 11 is 0. The highest BCUT2D eigenvalue weighted by molar-refractivity contribution is 6.15. The molecule has 0 aliphatic rings. The largest absolute Gasteiger partial charge is 0.456 e. The fourth-order valence-electron chi connectivity index (χ4n) is 6.68. The Labute approximate surface area is 250 Å². The molecule has 206 valence electrons. The summed E-state index contributed by atoms with van der Waals surface area (Å²) < 4.78 is 18.9. The number of furan rings is 3. The van der Waals surface area contributed by atoms with Crippen LogP contribution in [-0.2, 0) is 0 Å². The van der Waals surface area contributed by atoms with Crippen molar-refractivity contribution in [1.82, 2.24) is 4.98 Å². The first kappa shape index (κ1) is 23.5. The molecule has 4 heterocycles. The van der Waals surface area contributed by atoms with Gasteiger partial charge in [0.2, 0.25) is 5.71 Å². The van der Waals surface area contributed by atoms with Crippen molar-refractivity contribution in [3.63, 3.8) is 0 Å². The predicted octanol–water partition coefficient (Wildman–Crippen LogP) is 11.4. The lowest BCUT2D eigenvalue weighted by Crippen LogP contribution is -2.09. The van der Waals surface area contributed by atoms with E-state index in [9.17, 15) is 0 Å². The molecule has 5 heteroatoms. The van der Waals surface area contributed by atoms with E-state index >= 15 is 0 Å². The molecule has 0 radical (unpaired) electrons. The maximum Gasteiger partial charge on any atom is 0.227 e. The average molecular weight is 567 g/mol. The Morgan fingerprint density at radius 2 is 0.955 bits per heavy atom. The van der Waals surface area contributed by atoms with Crippen LogP contribution in [0.2, 0.25) is 0 Å². The van der Waals surface area contributed by atoms with Crippen molar-refractivity contribution in [2.45, 2.75) is 0 Å². The molecule has 0 N–H and O–H groups in total. The summed E-state index contributed by atoms with van der Waals surface area (Å²) in [5, 5.41) is 8.62. The lowest BCUT2D eigenvalue weighted by Gasteiger charge is -2.25. The Kier molecular flexibility index (Phi) is 4.66. The Bertz CT molecular complexity index is 2630. The van der Waals surface area contributed by atoms with E-state index in [2.05, 4.69) is 94.8 Å². The molecule has 10 aromatic rings. The molecular formula is C39H22N2O3. The van der Waals surface area contributed by atoms with Gasteiger partial charge in [-0.1, -0.05) is 42.5 Å². The van der Waals surface area contributed by atoms with Gasteiger partial charge in [-0.2, -0.15) is 0 Å². The number of benzene rings is 6. The van der Waals surface area contributed by atoms with E-state index < -0.39 is 0 Å². The van der Waals surface area contributed by atoms with E-state index in [0.717, 1.165) is 88.1 Å². The smallest absolute Gasteiger partial charge is 0.227 e. The lowest BCUT2D eigenvalue weighted by molar-refractivity contribution is 0.657. The standard InChI is InChI=1S/C39H22N2O3/c1-3-9-34-28(6-1)30-17-13-25(21-36(30)42-34)41(26-14-18-31-29-7-2-4-10-35(29)43-37(31)22-26)24-12-16-27-23(20-24)11-15-32-33-8-5-19-40-39(33)44-38(27)32/h1-22H. The summed E-state index contributed by atoms with van der Waals surface area (Å²) in [6.07, 6.45) is 1.76. The minimum absolute atomic E-state index is 0.652. The maximum atomic E-state index is 6.31. The molecule has 0 spiro atoms. The van der Waals surface area contributed by atoms with Gasteiger partial charge in [-0.25, -0.2) is 4.98 Å². The third-order valence-corrected chi connectivity index (χ3v) is 8.71. The molecule has 0 amide bonds. The number of nitrogens with zero attached hydrogens (tertiary/aromatic N) is 2. The number of anilines is 3. The van der Waals surface area contributed by atoms with Crippen LogP contribution in [-0.4, -0.2) is 4.98 Å². The average Bonchev–Trinajstić information content (AvgIpc) is 3.75. The van der Waals surface area contributed by atoms with Crippen LogP contribution < -0.4 is 4.90 Å². The molecule has 4 aromatic heterocycles. The van der Waals surface area contributed by atoms with E-state index in [-0.39, 0.29) is 0 Å². The highest BCUT2D eigenvalue weighted by Gasteiger charge is 2.19. The highest BCUT2D eigenvalue weighted by Crippen LogP contribution is 2.42. The van der Waals surface area contributed by atoms with Crippen molar-refractivity contribution in [1.29, 1.82) is 0 Å². The van der Waals surface area contributed by atoms with Crippen LogP contribution in [0.3, 0.4) is 0 Å². The molecule has 0 unspecified atom stereocenters. The van der Waals surface area contributed by atoms with Gasteiger partial charge < -0.3 is 18.2 Å². The van der Waals surface area contributed by atoms with Crippen molar-refractivity contribution in [2.75, 3.05) is 4.90 Å². The summed E-state index contributed by atoms with van der Waals surface area (Å²) in [5.41, 5.74) is 7.93. The first-order chi connectivity index (χ1) is 21.8. The maximum absolute atomic E-state index is 6.31. The van der Waals surface area contributed by atoms with Crippen LogP contribution in [0.15, 0.2) is 147 Å². The van der Waals surface area contributed by atoms with Crippen LogP contribution in [0.5, 0.6) is 0 Å². The molecular weight excluding hydrogens is 544 g/mol. The molecule has 6 aromatic carbocycles. The SMILES string of the molecule is c1ccc2c(c1)oc1cc(N(c3ccc4c(ccc5c6cccnc6oc45)c3)c3ccc4c(c3)oc3ccccc34)ccc12. The van der Waals surface area contributed by atoms with Crippen molar-refractivity contribution in [3.05, 3.63) is 134 Å². The number of rotatable bonds is 3. The van der Waals surface area contributed by atoms with Crippen LogP contribution in [0.25, 0.3) is 76.7 Å².